The van der Waals surface area contributed by atoms with Crippen molar-refractivity contribution in [1.82, 2.24) is 15.6 Å². The van der Waals surface area contributed by atoms with Gasteiger partial charge in [0, 0.05) is 42.5 Å². The minimum absolute atomic E-state index is 0.0481. The van der Waals surface area contributed by atoms with Gasteiger partial charge >= 0.3 is 5.97 Å². The van der Waals surface area contributed by atoms with Crippen LogP contribution in [0.25, 0.3) is 0 Å². The average molecular weight is 555 g/mol. The number of rotatable bonds is 9. The van der Waals surface area contributed by atoms with Gasteiger partial charge in [0.05, 0.1) is 30.4 Å². The van der Waals surface area contributed by atoms with Gasteiger partial charge in [-0.2, -0.15) is 0 Å². The van der Waals surface area contributed by atoms with Gasteiger partial charge in [0.15, 0.2) is 22.5 Å². The van der Waals surface area contributed by atoms with Crippen LogP contribution in [0, 0.1) is 17.6 Å². The van der Waals surface area contributed by atoms with Crippen LogP contribution in [-0.4, -0.2) is 61.4 Å². The van der Waals surface area contributed by atoms with Crippen molar-refractivity contribution in [2.45, 2.75) is 43.9 Å². The third-order valence-corrected chi connectivity index (χ3v) is 7.78. The highest BCUT2D eigenvalue weighted by Crippen LogP contribution is 2.41. The number of aliphatic hydroxyl groups is 1. The van der Waals surface area contributed by atoms with Gasteiger partial charge in [-0.25, -0.2) is 18.6 Å². The normalized spacial score (nSPS) is 22.9. The maximum Gasteiger partial charge on any atom is 0.338 e. The number of esters is 1. The van der Waals surface area contributed by atoms with Crippen LogP contribution in [0.2, 0.25) is 5.02 Å². The molecule has 12 heteroatoms. The Morgan fingerprint density at radius 3 is 2.70 bits per heavy atom. The van der Waals surface area contributed by atoms with Crippen LogP contribution in [0.3, 0.4) is 0 Å². The monoisotopic (exact) mass is 554 g/mol. The molecule has 8 nitrogen and oxygen atoms in total. The molecule has 2 aromatic rings. The lowest BCUT2D eigenvalue weighted by Gasteiger charge is -2.35. The van der Waals surface area contributed by atoms with E-state index >= 15 is 0 Å². The standard InChI is InChI=1S/C25H29ClF2N4O4S/c1-35-12-15(33)11-30-14-5-3-13(4-6-14)21-18(25(34)36-2)22(16-7-8-17(27)20(28)19(16)26)32-23(31-21)24-29-9-10-37-24/h7-10,13-15,22,30,33H,3-6,11-12H2,1-2H3,(H,31,32)/t13-,14-,15-,22?/m0/s1. The Kier molecular flexibility index (Phi) is 9.25. The van der Waals surface area contributed by atoms with E-state index < -0.39 is 34.8 Å². The molecule has 1 aromatic carbocycles. The smallest absolute Gasteiger partial charge is 0.338 e. The number of hydrogen-bond donors (Lipinski definition) is 3. The number of hydrogen-bond acceptors (Lipinski definition) is 9. The summed E-state index contributed by atoms with van der Waals surface area (Å²) >= 11 is 7.58. The predicted octanol–water partition coefficient (Wildman–Crippen LogP) is 3.75. The van der Waals surface area contributed by atoms with E-state index in [9.17, 15) is 18.7 Å². The maximum atomic E-state index is 14.5. The van der Waals surface area contributed by atoms with Crippen molar-refractivity contribution in [2.75, 3.05) is 27.4 Å². The Morgan fingerprint density at radius 1 is 1.30 bits per heavy atom. The fourth-order valence-electron chi connectivity index (χ4n) is 4.79. The van der Waals surface area contributed by atoms with Gasteiger partial charge in [0.25, 0.3) is 0 Å². The molecule has 37 heavy (non-hydrogen) atoms. The number of carbonyl (C=O) groups is 1. The van der Waals surface area contributed by atoms with Crippen molar-refractivity contribution in [1.29, 1.82) is 0 Å². The highest BCUT2D eigenvalue weighted by molar-refractivity contribution is 7.11. The van der Waals surface area contributed by atoms with Gasteiger partial charge in [0.1, 0.15) is 6.04 Å². The summed E-state index contributed by atoms with van der Waals surface area (Å²) in [6.07, 6.45) is 4.15. The Labute approximate surface area is 222 Å². The van der Waals surface area contributed by atoms with Crippen LogP contribution in [0.4, 0.5) is 8.78 Å². The lowest BCUT2D eigenvalue weighted by molar-refractivity contribution is -0.136. The Balaban J connectivity index is 1.67. The average Bonchev–Trinajstić information content (AvgIpc) is 3.45. The van der Waals surface area contributed by atoms with E-state index in [-0.39, 0.29) is 29.7 Å². The molecule has 0 bridgehead atoms. The first-order valence-corrected chi connectivity index (χ1v) is 13.2. The highest BCUT2D eigenvalue weighted by Gasteiger charge is 2.38. The summed E-state index contributed by atoms with van der Waals surface area (Å²) in [7, 11) is 2.81. The number of ether oxygens (including phenoxy) is 2. The second-order valence-electron chi connectivity index (χ2n) is 8.99. The molecule has 0 radical (unpaired) electrons. The van der Waals surface area contributed by atoms with Crippen molar-refractivity contribution in [3.8, 4) is 0 Å². The Hall–Kier alpha value is -2.44. The van der Waals surface area contributed by atoms with Gasteiger partial charge in [-0.05, 0) is 37.7 Å². The SMILES string of the molecule is COC[C@@H](O)CN[C@H]1CC[C@H](C2=C(C(=O)OC)C(c3ccc(F)c(F)c3Cl)N=C(c3nccs3)N2)CC1. The topological polar surface area (TPSA) is 105 Å². The van der Waals surface area contributed by atoms with Crippen LogP contribution < -0.4 is 10.6 Å². The third kappa shape index (κ3) is 6.18. The number of thiazole rings is 1. The number of carbonyl (C=O) groups excluding carboxylic acids is 1. The van der Waals surface area contributed by atoms with Crippen LogP contribution in [0.15, 0.2) is 40.0 Å². The molecule has 0 saturated heterocycles. The lowest BCUT2D eigenvalue weighted by atomic mass is 9.80. The van der Waals surface area contributed by atoms with E-state index in [0.29, 0.717) is 23.1 Å². The third-order valence-electron chi connectivity index (χ3n) is 6.61. The second kappa shape index (κ2) is 12.4. The summed E-state index contributed by atoms with van der Waals surface area (Å²) in [5, 5.41) is 18.6. The second-order valence-corrected chi connectivity index (χ2v) is 10.3. The first kappa shape index (κ1) is 27.6. The minimum atomic E-state index is -1.20. The first-order chi connectivity index (χ1) is 17.8. The molecule has 2 atom stereocenters. The molecule has 3 N–H and O–H groups in total. The van der Waals surface area contributed by atoms with Crippen LogP contribution in [0.1, 0.15) is 42.3 Å². The van der Waals surface area contributed by atoms with Crippen LogP contribution >= 0.6 is 22.9 Å². The minimum Gasteiger partial charge on any atom is -0.466 e. The number of aliphatic imine (C=N–C) groups is 1. The summed E-state index contributed by atoms with van der Waals surface area (Å²) in [6, 6.07) is 1.51. The fourth-order valence-corrected chi connectivity index (χ4v) is 5.63. The first-order valence-electron chi connectivity index (χ1n) is 11.9. The van der Waals surface area contributed by atoms with Crippen LogP contribution in [-0.2, 0) is 14.3 Å². The summed E-state index contributed by atoms with van der Waals surface area (Å²) in [5.74, 6) is -2.54. The summed E-state index contributed by atoms with van der Waals surface area (Å²) in [4.78, 5) is 22.1. The van der Waals surface area contributed by atoms with Crippen molar-refractivity contribution >= 4 is 34.7 Å². The van der Waals surface area contributed by atoms with E-state index in [1.165, 1.54) is 24.5 Å². The summed E-state index contributed by atoms with van der Waals surface area (Å²) in [6.45, 7) is 0.684. The molecule has 4 rings (SSSR count). The number of nitrogens with zero attached hydrogens (tertiary/aromatic N) is 2. The molecule has 2 aliphatic rings. The number of aromatic nitrogens is 1. The lowest BCUT2D eigenvalue weighted by Crippen LogP contribution is -2.42. The van der Waals surface area contributed by atoms with Gasteiger partial charge < -0.3 is 25.2 Å². The molecule has 2 heterocycles. The molecule has 0 amide bonds. The van der Waals surface area contributed by atoms with Crippen molar-refractivity contribution in [2.24, 2.45) is 10.9 Å². The molecule has 1 unspecified atom stereocenters. The maximum absolute atomic E-state index is 14.5. The number of allylic oxidation sites excluding steroid dienone is 1. The number of methoxy groups -OCH3 is 2. The van der Waals surface area contributed by atoms with E-state index in [2.05, 4.69) is 20.6 Å². The largest absolute Gasteiger partial charge is 0.466 e. The number of amidine groups is 1. The zero-order chi connectivity index (χ0) is 26.5. The van der Waals surface area contributed by atoms with Crippen LogP contribution in [0.5, 0.6) is 0 Å². The molecule has 1 fully saturated rings. The van der Waals surface area contributed by atoms with Gasteiger partial charge in [-0.1, -0.05) is 17.7 Å². The highest BCUT2D eigenvalue weighted by atomic mass is 35.5. The Bertz CT molecular complexity index is 1170. The summed E-state index contributed by atoms with van der Waals surface area (Å²) in [5.41, 5.74) is 0.995. The van der Waals surface area contributed by atoms with E-state index in [1.807, 2.05) is 0 Å². The fraction of sp³-hybridized carbons (Fsp3) is 0.480. The van der Waals surface area contributed by atoms with Crippen molar-refractivity contribution < 1.29 is 28.2 Å². The van der Waals surface area contributed by atoms with Gasteiger partial charge in [-0.3, -0.25) is 4.99 Å². The molecular formula is C25H29ClF2N4O4S. The van der Waals surface area contributed by atoms with Gasteiger partial charge in [-0.15, -0.1) is 11.3 Å². The molecule has 200 valence electrons. The molecule has 1 aliphatic carbocycles. The van der Waals surface area contributed by atoms with E-state index in [1.54, 1.807) is 18.7 Å². The molecule has 1 aromatic heterocycles. The summed E-state index contributed by atoms with van der Waals surface area (Å²) < 4.78 is 38.4. The number of aliphatic hydroxyl groups excluding tert-OH is 1. The van der Waals surface area contributed by atoms with Gasteiger partial charge in [0.2, 0.25) is 0 Å². The number of halogens is 3. The molecule has 1 aliphatic heterocycles. The quantitative estimate of drug-likeness (QED) is 0.320. The molecule has 1 saturated carbocycles. The number of benzene rings is 1. The van der Waals surface area contributed by atoms with E-state index in [0.717, 1.165) is 31.7 Å². The Morgan fingerprint density at radius 2 is 2.05 bits per heavy atom. The van der Waals surface area contributed by atoms with Crippen molar-refractivity contribution in [3.63, 3.8) is 0 Å². The molecular weight excluding hydrogens is 526 g/mol. The predicted molar refractivity (Wildman–Crippen MR) is 137 cm³/mol. The number of nitrogens with one attached hydrogen (secondary N) is 2. The molecule has 0 spiro atoms. The zero-order valence-corrected chi connectivity index (χ0v) is 22.0. The zero-order valence-electron chi connectivity index (χ0n) is 20.5. The van der Waals surface area contributed by atoms with E-state index in [4.69, 9.17) is 21.1 Å². The van der Waals surface area contributed by atoms with Crippen molar-refractivity contribution in [3.05, 3.63) is 62.2 Å².